The predicted octanol–water partition coefficient (Wildman–Crippen LogP) is 2.83. The fourth-order valence-corrected chi connectivity index (χ4v) is 2.90. The van der Waals surface area contributed by atoms with Crippen molar-refractivity contribution >= 4 is 15.9 Å². The molecule has 0 saturated carbocycles. The van der Waals surface area contributed by atoms with Gasteiger partial charge in [-0.05, 0) is 28.1 Å². The summed E-state index contributed by atoms with van der Waals surface area (Å²) >= 11 is 3.02. The molecule has 1 aliphatic rings. The molecule has 0 amide bonds. The summed E-state index contributed by atoms with van der Waals surface area (Å²) in [6.07, 6.45) is -0.121. The van der Waals surface area contributed by atoms with E-state index in [1.165, 1.54) is 19.2 Å². The maximum Gasteiger partial charge on any atom is 0.143 e. The Morgan fingerprint density at radius 2 is 2.05 bits per heavy atom. The van der Waals surface area contributed by atoms with Gasteiger partial charge in [0.15, 0.2) is 0 Å². The molecule has 0 aromatic heterocycles. The van der Waals surface area contributed by atoms with Crippen LogP contribution in [-0.2, 0) is 15.9 Å². The first kappa shape index (κ1) is 15.8. The smallest absolute Gasteiger partial charge is 0.143 e. The van der Waals surface area contributed by atoms with E-state index >= 15 is 0 Å². The van der Waals surface area contributed by atoms with Crippen molar-refractivity contribution in [3.8, 4) is 0 Å². The molecule has 1 heterocycles. The molecule has 1 N–H and O–H groups in total. The van der Waals surface area contributed by atoms with Crippen molar-refractivity contribution in [1.29, 1.82) is 0 Å². The number of aliphatic hydroxyl groups is 1. The number of ether oxygens (including phenoxy) is 2. The minimum absolute atomic E-state index is 0.130. The summed E-state index contributed by atoms with van der Waals surface area (Å²) in [6.45, 7) is 0.933. The van der Waals surface area contributed by atoms with Crippen LogP contribution in [-0.4, -0.2) is 37.1 Å². The standard InChI is InChI=1S/C14H17BrF2O3/c1-19-14(4-6-20-7-5-14)12(18)8-9-11(16)3-2-10(15)13(9)17/h2-3,12,18H,4-8H2,1H3. The average Bonchev–Trinajstić information content (AvgIpc) is 2.48. The van der Waals surface area contributed by atoms with Gasteiger partial charge in [-0.3, -0.25) is 0 Å². The number of hydrogen-bond acceptors (Lipinski definition) is 3. The van der Waals surface area contributed by atoms with E-state index in [0.717, 1.165) is 0 Å². The molecule has 0 bridgehead atoms. The molecule has 0 radical (unpaired) electrons. The van der Waals surface area contributed by atoms with Crippen molar-refractivity contribution in [3.63, 3.8) is 0 Å². The van der Waals surface area contributed by atoms with Gasteiger partial charge in [0.05, 0.1) is 16.2 Å². The topological polar surface area (TPSA) is 38.7 Å². The van der Waals surface area contributed by atoms with Crippen LogP contribution >= 0.6 is 15.9 Å². The number of benzene rings is 1. The molecule has 1 aromatic rings. The Kier molecular flexibility index (Phi) is 5.12. The second kappa shape index (κ2) is 6.47. The molecular formula is C14H17BrF2O3. The number of halogens is 3. The van der Waals surface area contributed by atoms with Crippen molar-refractivity contribution < 1.29 is 23.4 Å². The number of rotatable bonds is 4. The molecule has 1 fully saturated rings. The first-order valence-electron chi connectivity index (χ1n) is 6.43. The molecule has 0 aliphatic carbocycles. The normalized spacial score (nSPS) is 19.9. The summed E-state index contributed by atoms with van der Waals surface area (Å²) in [4.78, 5) is 0. The lowest BCUT2D eigenvalue weighted by molar-refractivity contribution is -0.151. The Balaban J connectivity index is 2.22. The van der Waals surface area contributed by atoms with E-state index < -0.39 is 23.3 Å². The van der Waals surface area contributed by atoms with Gasteiger partial charge in [-0.25, -0.2) is 8.78 Å². The van der Waals surface area contributed by atoms with Gasteiger partial charge in [0.25, 0.3) is 0 Å². The summed E-state index contributed by atoms with van der Waals surface area (Å²) in [6, 6.07) is 2.49. The van der Waals surface area contributed by atoms with Gasteiger partial charge < -0.3 is 14.6 Å². The van der Waals surface area contributed by atoms with Crippen LogP contribution in [0.1, 0.15) is 18.4 Å². The summed E-state index contributed by atoms with van der Waals surface area (Å²) in [5.74, 6) is -1.34. The molecule has 1 saturated heterocycles. The van der Waals surface area contributed by atoms with Crippen molar-refractivity contribution in [2.45, 2.75) is 31.0 Å². The van der Waals surface area contributed by atoms with Crippen LogP contribution in [0.4, 0.5) is 8.78 Å². The van der Waals surface area contributed by atoms with Crippen molar-refractivity contribution in [3.05, 3.63) is 33.8 Å². The Morgan fingerprint density at radius 3 is 2.65 bits per heavy atom. The average molecular weight is 351 g/mol. The maximum atomic E-state index is 14.0. The Morgan fingerprint density at radius 1 is 1.40 bits per heavy atom. The van der Waals surface area contributed by atoms with Crippen LogP contribution < -0.4 is 0 Å². The highest BCUT2D eigenvalue weighted by molar-refractivity contribution is 9.10. The lowest BCUT2D eigenvalue weighted by Crippen LogP contribution is -2.49. The Bertz CT molecular complexity index is 476. The van der Waals surface area contributed by atoms with E-state index in [4.69, 9.17) is 9.47 Å². The Hall–Kier alpha value is -0.560. The first-order valence-corrected chi connectivity index (χ1v) is 7.23. The molecule has 1 unspecified atom stereocenters. The molecule has 20 heavy (non-hydrogen) atoms. The molecule has 1 atom stereocenters. The molecule has 0 spiro atoms. The highest BCUT2D eigenvalue weighted by Crippen LogP contribution is 2.32. The van der Waals surface area contributed by atoms with Crippen molar-refractivity contribution in [2.24, 2.45) is 0 Å². The number of aliphatic hydroxyl groups excluding tert-OH is 1. The zero-order valence-corrected chi connectivity index (χ0v) is 12.8. The molecular weight excluding hydrogens is 334 g/mol. The van der Waals surface area contributed by atoms with Gasteiger partial charge in [-0.15, -0.1) is 0 Å². The van der Waals surface area contributed by atoms with Crippen LogP contribution in [0.3, 0.4) is 0 Å². The van der Waals surface area contributed by atoms with Gasteiger partial charge >= 0.3 is 0 Å². The van der Waals surface area contributed by atoms with Crippen LogP contribution in [0.5, 0.6) is 0 Å². The molecule has 6 heteroatoms. The van der Waals surface area contributed by atoms with Crippen LogP contribution in [0, 0.1) is 11.6 Å². The number of hydrogen-bond donors (Lipinski definition) is 1. The summed E-state index contributed by atoms with van der Waals surface area (Å²) < 4.78 is 38.6. The lowest BCUT2D eigenvalue weighted by Gasteiger charge is -2.39. The van der Waals surface area contributed by atoms with Gasteiger partial charge in [-0.1, -0.05) is 0 Å². The maximum absolute atomic E-state index is 14.0. The molecule has 2 rings (SSSR count). The SMILES string of the molecule is COC1(C(O)Cc2c(F)ccc(Br)c2F)CCOCC1. The molecule has 1 aliphatic heterocycles. The third-order valence-electron chi connectivity index (χ3n) is 3.89. The first-order chi connectivity index (χ1) is 9.50. The van der Waals surface area contributed by atoms with E-state index in [1.54, 1.807) is 0 Å². The van der Waals surface area contributed by atoms with Crippen LogP contribution in [0.15, 0.2) is 16.6 Å². The van der Waals surface area contributed by atoms with Gasteiger partial charge in [0, 0.05) is 45.1 Å². The van der Waals surface area contributed by atoms with Crippen molar-refractivity contribution in [2.75, 3.05) is 20.3 Å². The minimum atomic E-state index is -0.991. The molecule has 1 aromatic carbocycles. The zero-order valence-electron chi connectivity index (χ0n) is 11.2. The number of methoxy groups -OCH3 is 1. The monoisotopic (exact) mass is 350 g/mol. The van der Waals surface area contributed by atoms with E-state index in [2.05, 4.69) is 15.9 Å². The van der Waals surface area contributed by atoms with Gasteiger partial charge in [-0.2, -0.15) is 0 Å². The quantitative estimate of drug-likeness (QED) is 0.848. The van der Waals surface area contributed by atoms with Gasteiger partial charge in [0.2, 0.25) is 0 Å². The fourth-order valence-electron chi connectivity index (χ4n) is 2.53. The highest BCUT2D eigenvalue weighted by atomic mass is 79.9. The second-order valence-corrected chi connectivity index (χ2v) is 5.78. The van der Waals surface area contributed by atoms with E-state index in [9.17, 15) is 13.9 Å². The van der Waals surface area contributed by atoms with E-state index in [1.807, 2.05) is 0 Å². The summed E-state index contributed by atoms with van der Waals surface area (Å²) in [5, 5.41) is 10.4. The van der Waals surface area contributed by atoms with Crippen LogP contribution in [0.25, 0.3) is 0 Å². The van der Waals surface area contributed by atoms with Crippen molar-refractivity contribution in [1.82, 2.24) is 0 Å². The molecule has 3 nitrogen and oxygen atoms in total. The van der Waals surface area contributed by atoms with E-state index in [0.29, 0.717) is 26.1 Å². The summed E-state index contributed by atoms with van der Waals surface area (Å²) in [5.41, 5.74) is -0.936. The third kappa shape index (κ3) is 3.03. The predicted molar refractivity (Wildman–Crippen MR) is 73.6 cm³/mol. The third-order valence-corrected chi connectivity index (χ3v) is 4.50. The van der Waals surface area contributed by atoms with E-state index in [-0.39, 0.29) is 16.5 Å². The summed E-state index contributed by atoms with van der Waals surface area (Å²) in [7, 11) is 1.50. The highest BCUT2D eigenvalue weighted by Gasteiger charge is 2.40. The Labute approximate surface area is 125 Å². The fraction of sp³-hybridized carbons (Fsp3) is 0.571. The lowest BCUT2D eigenvalue weighted by atomic mass is 9.84. The zero-order chi connectivity index (χ0) is 14.8. The minimum Gasteiger partial charge on any atom is -0.390 e. The second-order valence-electron chi connectivity index (χ2n) is 4.92. The van der Waals surface area contributed by atoms with Crippen LogP contribution in [0.2, 0.25) is 0 Å². The molecule has 112 valence electrons. The largest absolute Gasteiger partial charge is 0.390 e. The van der Waals surface area contributed by atoms with Gasteiger partial charge in [0.1, 0.15) is 11.6 Å².